The number of nitrogens with two attached hydrogens (primary N) is 1. The number of nitrogens with zero attached hydrogens (tertiary/aromatic N) is 5. The van der Waals surface area contributed by atoms with Gasteiger partial charge in [0.25, 0.3) is 0 Å². The van der Waals surface area contributed by atoms with Gasteiger partial charge in [0, 0.05) is 437 Å². The van der Waals surface area contributed by atoms with Crippen molar-refractivity contribution in [2.45, 2.75) is 13.8 Å². The standard InChI is InChI=1S/C92H6.C12H7FIN3.C12H9FIN3/c1-3-5-7-9-11-13-15-17-19-21-23-25-27-29-31-33-35-37-39-41-43-45-47-49-51-53-55-57-59-61-63-65-67-69-71-73-75-77-79-81-83-85-87-89-91-92-90-88-86-84-82-80-78-76-74-72-70-68-66-64-62-60-58-56-54-52-50-48-46-44-42-40-38-36-34-32-30-28-26-24-22-20-18-16-14-12-10-8-6-4-2;13-9-7-17-11(6-10(9)14)15-12(16-17)8-4-2-1-3-5-8;13-9-7-16-11(6-10(9)14)17-12(15)8-4-2-1-3-5-8/h1-2H3;1-7H;1-7H,(H2,15,16,17). The highest BCUT2D eigenvalue weighted by Gasteiger charge is 2.09. The largest absolute Gasteiger partial charge is 0.383 e. The Kier molecular flexibility index (Phi) is 57.9. The number of hydrogen-bond donors (Lipinski definition) is 1. The first-order valence-electron chi connectivity index (χ1n) is 33.1. The van der Waals surface area contributed by atoms with Crippen LogP contribution in [0.5, 0.6) is 0 Å². The van der Waals surface area contributed by atoms with Crippen molar-refractivity contribution >= 4 is 62.5 Å². The molecular formula is C116H22F2I2N6. The van der Waals surface area contributed by atoms with Crippen LogP contribution in [-0.2, 0) is 0 Å². The van der Waals surface area contributed by atoms with Crippen LogP contribution in [-0.4, -0.2) is 25.4 Å². The normalized spacial score (nSPS) is 5.94. The minimum absolute atomic E-state index is 0.289. The zero-order valence-electron chi connectivity index (χ0n) is 64.4. The number of fused-ring (bicyclic) bond motifs is 1. The molecule has 0 aliphatic rings. The van der Waals surface area contributed by atoms with Crippen molar-refractivity contribution < 1.29 is 8.78 Å². The minimum Gasteiger partial charge on any atom is -0.383 e. The fraction of sp³-hybridized carbons (Fsp3) is 0.0172. The molecule has 0 fully saturated rings. The van der Waals surface area contributed by atoms with Crippen LogP contribution in [0.2, 0.25) is 0 Å². The molecule has 0 saturated heterocycles. The Balaban J connectivity index is 0.000000965. The zero-order valence-corrected chi connectivity index (χ0v) is 68.7. The molecule has 0 aliphatic heterocycles. The van der Waals surface area contributed by atoms with E-state index in [9.17, 15) is 8.78 Å². The Bertz CT molecular complexity index is 8190. The molecule has 0 amide bonds. The van der Waals surface area contributed by atoms with Gasteiger partial charge in [0.2, 0.25) is 0 Å². The van der Waals surface area contributed by atoms with E-state index in [1.54, 1.807) is 26.0 Å². The van der Waals surface area contributed by atoms with E-state index in [0.717, 1.165) is 17.3 Å². The van der Waals surface area contributed by atoms with E-state index in [1.165, 1.54) is 10.7 Å². The van der Waals surface area contributed by atoms with Crippen molar-refractivity contribution in [3.05, 3.63) is 110 Å². The molecule has 3 heterocycles. The number of aromatic nitrogens is 4. The molecule has 5 rings (SSSR count). The van der Waals surface area contributed by atoms with E-state index in [4.69, 9.17) is 5.73 Å². The Labute approximate surface area is 762 Å². The molecule has 3 aromatic heterocycles. The molecule has 2 N–H and O–H groups in total. The van der Waals surface area contributed by atoms with Crippen LogP contribution >= 0.6 is 45.2 Å². The first kappa shape index (κ1) is 97.4. The molecule has 0 bridgehead atoms. The molecule has 0 spiro atoms. The summed E-state index contributed by atoms with van der Waals surface area (Å²) in [5.74, 6) is 226. The van der Waals surface area contributed by atoms with Crippen LogP contribution in [0.4, 0.5) is 14.6 Å². The van der Waals surface area contributed by atoms with Crippen LogP contribution in [0, 0.1) is 552 Å². The molecule has 6 nitrogen and oxygen atoms in total. The second-order valence-corrected chi connectivity index (χ2v) is 20.7. The highest BCUT2D eigenvalue weighted by Crippen LogP contribution is 2.19. The number of rotatable bonds is 3. The van der Waals surface area contributed by atoms with Gasteiger partial charge in [0.1, 0.15) is 5.84 Å². The number of amidine groups is 1. The van der Waals surface area contributed by atoms with E-state index in [0.29, 0.717) is 30.3 Å². The van der Waals surface area contributed by atoms with Crippen LogP contribution < -0.4 is 5.73 Å². The van der Waals surface area contributed by atoms with Crippen LogP contribution in [0.25, 0.3) is 17.0 Å². The van der Waals surface area contributed by atoms with Gasteiger partial charge in [0.05, 0.1) is 19.5 Å². The smallest absolute Gasteiger partial charge is 0.182 e. The number of halogens is 4. The monoisotopic (exact) mass is 1790 g/mol. The van der Waals surface area contributed by atoms with Gasteiger partial charge in [-0.05, 0) is 166 Å². The molecule has 2 aromatic carbocycles. The molecule has 5 aromatic rings. The summed E-state index contributed by atoms with van der Waals surface area (Å²) in [5.41, 5.74) is 8.21. The second kappa shape index (κ2) is 74.9. The fourth-order valence-corrected chi connectivity index (χ4v) is 6.50. The van der Waals surface area contributed by atoms with Crippen molar-refractivity contribution in [1.82, 2.24) is 19.6 Å². The third-order valence-corrected chi connectivity index (χ3v) is 11.8. The predicted molar refractivity (Wildman–Crippen MR) is 506 cm³/mol. The van der Waals surface area contributed by atoms with Crippen molar-refractivity contribution in [2.75, 3.05) is 0 Å². The number of hydrogen-bond acceptors (Lipinski definition) is 4. The van der Waals surface area contributed by atoms with Gasteiger partial charge >= 0.3 is 0 Å². The van der Waals surface area contributed by atoms with Crippen molar-refractivity contribution in [3.8, 4) is 544 Å². The highest BCUT2D eigenvalue weighted by atomic mass is 127. The first-order chi connectivity index (χ1) is 62.3. The lowest BCUT2D eigenvalue weighted by molar-refractivity contribution is 0.607. The van der Waals surface area contributed by atoms with E-state index < -0.39 is 0 Å². The molecule has 0 aliphatic carbocycles. The summed E-state index contributed by atoms with van der Waals surface area (Å²) in [5, 5.41) is 4.25. The first-order valence-corrected chi connectivity index (χ1v) is 35.3. The average molecular weight is 1790 g/mol. The molecule has 0 unspecified atom stereocenters. The van der Waals surface area contributed by atoms with Crippen LogP contribution in [0.1, 0.15) is 19.4 Å². The molecular weight excluding hydrogens is 1770 g/mol. The maximum absolute atomic E-state index is 13.4. The topological polar surface area (TPSA) is 81.5 Å². The SMILES string of the molecule is CC#CC#CC#CC#CC#CC#CC#CC#CC#CC#CC#CC#CC#CC#CC#CC#CC#CC#CC#CC#CC#CC#CC#CC#CC#CC#CC#CC#CC#CC#CC#CC#CC#CC#CC#CC#CC#CC#CC#CC#CC#CC#CC#CC#CC#CC.Fc1cn2nc(-c3ccccc3)nc2cc1I.NC(=Nc1cc(I)c(F)cn1)c1ccccc1. The maximum Gasteiger partial charge on any atom is 0.182 e. The summed E-state index contributed by atoms with van der Waals surface area (Å²) in [7, 11) is 0. The number of benzene rings is 2. The Morgan fingerprint density at radius 2 is 0.476 bits per heavy atom. The minimum atomic E-state index is -0.358. The molecule has 10 heteroatoms. The molecule has 126 heavy (non-hydrogen) atoms. The van der Waals surface area contributed by atoms with Gasteiger partial charge in [-0.2, -0.15) is 0 Å². The van der Waals surface area contributed by atoms with E-state index in [-0.39, 0.29) is 11.6 Å². The average Bonchev–Trinajstić information content (AvgIpc) is 1.66. The third kappa shape index (κ3) is 59.0. The van der Waals surface area contributed by atoms with Gasteiger partial charge in [0.15, 0.2) is 28.9 Å². The summed E-state index contributed by atoms with van der Waals surface area (Å²) in [4.78, 5) is 12.4. The third-order valence-electron chi connectivity index (χ3n) is 10.2. The van der Waals surface area contributed by atoms with Gasteiger partial charge in [-0.1, -0.05) is 72.5 Å². The molecule has 544 valence electrons. The van der Waals surface area contributed by atoms with Crippen LogP contribution in [0.3, 0.4) is 0 Å². The number of aliphatic imine (C=N–C) groups is 1. The van der Waals surface area contributed by atoms with Gasteiger partial charge < -0.3 is 5.73 Å². The van der Waals surface area contributed by atoms with Crippen LogP contribution in [0.15, 0.2) is 90.2 Å². The zero-order chi connectivity index (χ0) is 89.7. The lowest BCUT2D eigenvalue weighted by atomic mass is 10.2. The summed E-state index contributed by atoms with van der Waals surface area (Å²) in [6, 6.07) is 22.2. The fourth-order valence-electron chi connectivity index (χ4n) is 5.66. The van der Waals surface area contributed by atoms with Crippen molar-refractivity contribution in [1.29, 1.82) is 0 Å². The number of pyridine rings is 2. The van der Waals surface area contributed by atoms with E-state index in [2.05, 4.69) is 553 Å². The maximum atomic E-state index is 13.4. The quantitative estimate of drug-likeness (QED) is 0.0900. The summed E-state index contributed by atoms with van der Waals surface area (Å²) in [6.07, 6.45) is 2.48. The second-order valence-electron chi connectivity index (χ2n) is 18.4. The molecule has 0 radical (unpaired) electrons. The Morgan fingerprint density at radius 3 is 0.683 bits per heavy atom. The summed E-state index contributed by atoms with van der Waals surface area (Å²) >= 11 is 3.83. The molecule has 0 saturated carbocycles. The van der Waals surface area contributed by atoms with E-state index >= 15 is 0 Å². The summed E-state index contributed by atoms with van der Waals surface area (Å²) < 4.78 is 28.8. The van der Waals surface area contributed by atoms with Gasteiger partial charge in [-0.15, -0.1) is 5.10 Å². The van der Waals surface area contributed by atoms with Crippen molar-refractivity contribution in [2.24, 2.45) is 10.7 Å². The molecule has 0 atom stereocenters. The van der Waals surface area contributed by atoms with E-state index in [1.807, 2.05) is 106 Å². The lowest BCUT2D eigenvalue weighted by Gasteiger charge is -2.01. The lowest BCUT2D eigenvalue weighted by Crippen LogP contribution is -2.12. The van der Waals surface area contributed by atoms with Crippen molar-refractivity contribution in [3.63, 3.8) is 0 Å². The van der Waals surface area contributed by atoms with Gasteiger partial charge in [-0.25, -0.2) is 28.3 Å². The highest BCUT2D eigenvalue weighted by molar-refractivity contribution is 14.1. The Hall–Kier alpha value is -22.8. The predicted octanol–water partition coefficient (Wildman–Crippen LogP) is 7.18. The van der Waals surface area contributed by atoms with Gasteiger partial charge in [-0.3, -0.25) is 0 Å². The summed E-state index contributed by atoms with van der Waals surface area (Å²) in [6.45, 7) is 3.37. The Morgan fingerprint density at radius 1 is 0.278 bits per heavy atom.